The Morgan fingerprint density at radius 3 is 2.35 bits per heavy atom. The number of hydrogen-bond acceptors (Lipinski definition) is 4. The average Bonchev–Trinajstić information content (AvgIpc) is 3.18. The number of aromatic nitrogens is 1. The minimum Gasteiger partial charge on any atom is -0.477 e. The van der Waals surface area contributed by atoms with Gasteiger partial charge in [0.05, 0.1) is 18.2 Å². The molecule has 0 spiro atoms. The SMILES string of the molecule is COC(=O)C(C)Oc1ccc(Cn2c(C)c(C)c3cc(C(=O)NC(C)c4cccc(C(C)C)c4)ccc32)cc1Cl. The number of carbonyl (C=O) groups excluding carboxylic acids is 2. The Hall–Kier alpha value is -3.77. The van der Waals surface area contributed by atoms with Crippen molar-refractivity contribution >= 4 is 34.4 Å². The Morgan fingerprint density at radius 1 is 0.950 bits per heavy atom. The van der Waals surface area contributed by atoms with Crippen LogP contribution < -0.4 is 10.1 Å². The van der Waals surface area contributed by atoms with Crippen molar-refractivity contribution in [2.45, 2.75) is 66.2 Å². The highest BCUT2D eigenvalue weighted by Gasteiger charge is 2.19. The number of hydrogen-bond donors (Lipinski definition) is 1. The van der Waals surface area contributed by atoms with E-state index in [4.69, 9.17) is 21.1 Å². The lowest BCUT2D eigenvalue weighted by Gasteiger charge is -2.17. The molecule has 0 radical (unpaired) electrons. The van der Waals surface area contributed by atoms with E-state index in [-0.39, 0.29) is 11.9 Å². The van der Waals surface area contributed by atoms with Gasteiger partial charge < -0.3 is 19.4 Å². The van der Waals surface area contributed by atoms with Gasteiger partial charge in [-0.3, -0.25) is 4.79 Å². The van der Waals surface area contributed by atoms with Gasteiger partial charge in [-0.25, -0.2) is 4.79 Å². The van der Waals surface area contributed by atoms with Gasteiger partial charge >= 0.3 is 5.97 Å². The summed E-state index contributed by atoms with van der Waals surface area (Å²) in [5.41, 5.74) is 7.24. The molecule has 210 valence electrons. The van der Waals surface area contributed by atoms with Gasteiger partial charge in [0.25, 0.3) is 5.91 Å². The van der Waals surface area contributed by atoms with Gasteiger partial charge in [-0.2, -0.15) is 0 Å². The van der Waals surface area contributed by atoms with Gasteiger partial charge in [0, 0.05) is 28.7 Å². The van der Waals surface area contributed by atoms with Crippen molar-refractivity contribution in [2.75, 3.05) is 7.11 Å². The molecule has 40 heavy (non-hydrogen) atoms. The molecule has 0 aliphatic rings. The van der Waals surface area contributed by atoms with E-state index < -0.39 is 12.1 Å². The fourth-order valence-electron chi connectivity index (χ4n) is 4.87. The number of amides is 1. The molecule has 4 aromatic rings. The number of esters is 1. The number of aryl methyl sites for hydroxylation is 1. The van der Waals surface area contributed by atoms with E-state index in [1.165, 1.54) is 12.7 Å². The lowest BCUT2D eigenvalue weighted by atomic mass is 9.98. The van der Waals surface area contributed by atoms with Crippen LogP contribution in [-0.2, 0) is 16.1 Å². The largest absolute Gasteiger partial charge is 0.477 e. The molecule has 1 aromatic heterocycles. The number of nitrogens with zero attached hydrogens (tertiary/aromatic N) is 1. The fourth-order valence-corrected chi connectivity index (χ4v) is 5.12. The first kappa shape index (κ1) is 29.2. The number of fused-ring (bicyclic) bond motifs is 1. The Bertz CT molecular complexity index is 1560. The third-order valence-corrected chi connectivity index (χ3v) is 7.80. The predicted octanol–water partition coefficient (Wildman–Crippen LogP) is 7.51. The molecular formula is C33H37ClN2O4. The standard InChI is InChI=1S/C33H37ClN2O4/c1-19(2)25-9-8-10-26(16-25)21(4)35-32(37)27-12-13-30-28(17-27)20(3)22(5)36(30)18-24-11-14-31(29(34)15-24)40-23(6)33(38)39-7/h8-17,19,21,23H,18H2,1-7H3,(H,35,37). The van der Waals surface area contributed by atoms with Crippen LogP contribution in [0.2, 0.25) is 5.02 Å². The van der Waals surface area contributed by atoms with Gasteiger partial charge in [-0.05, 0) is 86.2 Å². The van der Waals surface area contributed by atoms with Crippen LogP contribution in [0.3, 0.4) is 0 Å². The van der Waals surface area contributed by atoms with Gasteiger partial charge in [0.15, 0.2) is 6.10 Å². The highest BCUT2D eigenvalue weighted by Crippen LogP contribution is 2.31. The summed E-state index contributed by atoms with van der Waals surface area (Å²) in [6, 6.07) is 19.7. The molecule has 1 heterocycles. The molecular weight excluding hydrogens is 524 g/mol. The molecule has 1 amide bonds. The summed E-state index contributed by atoms with van der Waals surface area (Å²) in [6.45, 7) is 12.7. The molecule has 2 unspecified atom stereocenters. The molecule has 0 aliphatic heterocycles. The zero-order valence-corrected chi connectivity index (χ0v) is 24.9. The van der Waals surface area contributed by atoms with Crippen molar-refractivity contribution in [3.8, 4) is 5.75 Å². The molecule has 4 rings (SSSR count). The van der Waals surface area contributed by atoms with E-state index in [9.17, 15) is 9.59 Å². The van der Waals surface area contributed by atoms with E-state index in [0.29, 0.717) is 28.8 Å². The van der Waals surface area contributed by atoms with Crippen LogP contribution in [0.5, 0.6) is 5.75 Å². The number of methoxy groups -OCH3 is 1. The van der Waals surface area contributed by atoms with E-state index in [0.717, 1.165) is 33.3 Å². The number of carbonyl (C=O) groups is 2. The second-order valence-electron chi connectivity index (χ2n) is 10.6. The Morgan fingerprint density at radius 2 is 1.68 bits per heavy atom. The van der Waals surface area contributed by atoms with Gasteiger partial charge in [-0.15, -0.1) is 0 Å². The minimum atomic E-state index is -0.758. The second-order valence-corrected chi connectivity index (χ2v) is 11.0. The predicted molar refractivity (Wildman–Crippen MR) is 160 cm³/mol. The van der Waals surface area contributed by atoms with Gasteiger partial charge in [0.2, 0.25) is 0 Å². The minimum absolute atomic E-state index is 0.0993. The van der Waals surface area contributed by atoms with Crippen LogP contribution >= 0.6 is 11.6 Å². The second kappa shape index (κ2) is 12.2. The number of nitrogens with one attached hydrogen (secondary N) is 1. The zero-order valence-electron chi connectivity index (χ0n) is 24.2. The smallest absolute Gasteiger partial charge is 0.346 e. The Labute approximate surface area is 241 Å². The maximum Gasteiger partial charge on any atom is 0.346 e. The molecule has 1 N–H and O–H groups in total. The van der Waals surface area contributed by atoms with Crippen LogP contribution in [-0.4, -0.2) is 29.7 Å². The van der Waals surface area contributed by atoms with Crippen molar-refractivity contribution in [1.82, 2.24) is 9.88 Å². The summed E-state index contributed by atoms with van der Waals surface area (Å²) in [4.78, 5) is 24.9. The molecule has 2 atom stereocenters. The molecule has 7 heteroatoms. The summed E-state index contributed by atoms with van der Waals surface area (Å²) >= 11 is 6.49. The molecule has 6 nitrogen and oxygen atoms in total. The number of ether oxygens (including phenoxy) is 2. The van der Waals surface area contributed by atoms with Crippen molar-refractivity contribution in [2.24, 2.45) is 0 Å². The highest BCUT2D eigenvalue weighted by atomic mass is 35.5. The summed E-state index contributed by atoms with van der Waals surface area (Å²) < 4.78 is 12.6. The number of halogens is 1. The summed E-state index contributed by atoms with van der Waals surface area (Å²) in [5, 5.41) is 4.62. The van der Waals surface area contributed by atoms with E-state index in [2.05, 4.69) is 55.8 Å². The average molecular weight is 561 g/mol. The fraction of sp³-hybridized carbons (Fsp3) is 0.333. The van der Waals surface area contributed by atoms with E-state index in [1.807, 2.05) is 43.3 Å². The monoisotopic (exact) mass is 560 g/mol. The van der Waals surface area contributed by atoms with Crippen LogP contribution in [0.25, 0.3) is 10.9 Å². The number of benzene rings is 3. The molecule has 0 bridgehead atoms. The van der Waals surface area contributed by atoms with Crippen molar-refractivity contribution < 1.29 is 19.1 Å². The lowest BCUT2D eigenvalue weighted by molar-refractivity contribution is -0.147. The highest BCUT2D eigenvalue weighted by molar-refractivity contribution is 6.32. The third kappa shape index (κ3) is 6.18. The van der Waals surface area contributed by atoms with Crippen LogP contribution in [0.1, 0.15) is 78.0 Å². The zero-order chi connectivity index (χ0) is 29.1. The van der Waals surface area contributed by atoms with Crippen LogP contribution in [0, 0.1) is 13.8 Å². The normalized spacial score (nSPS) is 12.8. The van der Waals surface area contributed by atoms with Gasteiger partial charge in [-0.1, -0.05) is 55.8 Å². The van der Waals surface area contributed by atoms with Crippen LogP contribution in [0.15, 0.2) is 60.7 Å². The quantitative estimate of drug-likeness (QED) is 0.215. The maximum absolute atomic E-state index is 13.2. The van der Waals surface area contributed by atoms with Crippen molar-refractivity contribution in [3.63, 3.8) is 0 Å². The Balaban J connectivity index is 1.54. The summed E-state index contributed by atoms with van der Waals surface area (Å²) in [5.74, 6) is 0.290. The number of rotatable bonds is 9. The van der Waals surface area contributed by atoms with Gasteiger partial charge in [0.1, 0.15) is 5.75 Å². The topological polar surface area (TPSA) is 69.6 Å². The molecule has 0 aliphatic carbocycles. The first-order valence-corrected chi connectivity index (χ1v) is 13.9. The van der Waals surface area contributed by atoms with E-state index >= 15 is 0 Å². The molecule has 0 saturated heterocycles. The van der Waals surface area contributed by atoms with E-state index in [1.54, 1.807) is 13.0 Å². The molecule has 0 saturated carbocycles. The first-order valence-electron chi connectivity index (χ1n) is 13.5. The van der Waals surface area contributed by atoms with Crippen molar-refractivity contribution in [1.29, 1.82) is 0 Å². The summed E-state index contributed by atoms with van der Waals surface area (Å²) in [6.07, 6.45) is -0.758. The maximum atomic E-state index is 13.2. The molecule has 0 fully saturated rings. The summed E-state index contributed by atoms with van der Waals surface area (Å²) in [7, 11) is 1.32. The molecule has 3 aromatic carbocycles. The third-order valence-electron chi connectivity index (χ3n) is 7.50. The van der Waals surface area contributed by atoms with Crippen molar-refractivity contribution in [3.05, 3.63) is 99.2 Å². The first-order chi connectivity index (χ1) is 19.0. The lowest BCUT2D eigenvalue weighted by Crippen LogP contribution is -2.26. The van der Waals surface area contributed by atoms with Crippen LogP contribution in [0.4, 0.5) is 0 Å². The Kier molecular flexibility index (Phi) is 8.89.